The number of carbonyl (C=O) groups is 3. The van der Waals surface area contributed by atoms with Crippen molar-refractivity contribution in [2.75, 3.05) is 20.2 Å². The monoisotopic (exact) mass is 500 g/mol. The van der Waals surface area contributed by atoms with Gasteiger partial charge in [0, 0.05) is 13.0 Å². The molecule has 1 atom stereocenters. The minimum atomic E-state index is -0.799. The Kier molecular flexibility index (Phi) is 8.56. The third-order valence-corrected chi connectivity index (χ3v) is 6.50. The summed E-state index contributed by atoms with van der Waals surface area (Å²) in [6.45, 7) is 2.01. The standard InChI is InChI=1S/C30H32N2O5/c1-3-11-27(29(34)32(2)18-28(33)36-19-21-12-5-4-6-13-21)31-30(35)37-20-26-24-16-9-7-14-22(24)23-15-8-10-17-25(23)26/h4-10,12-17,26-27H,3,11,18-20H2,1-2H3,(H,31,35)/t27-/m0/s1. The number of hydrogen-bond donors (Lipinski definition) is 1. The molecule has 3 aromatic rings. The molecule has 1 aliphatic carbocycles. The van der Waals surface area contributed by atoms with Crippen LogP contribution in [0.15, 0.2) is 78.9 Å². The number of likely N-dealkylation sites (N-methyl/N-ethyl adjacent to an activating group) is 1. The number of benzene rings is 3. The highest BCUT2D eigenvalue weighted by Gasteiger charge is 2.30. The van der Waals surface area contributed by atoms with Crippen LogP contribution in [0.2, 0.25) is 0 Å². The number of fused-ring (bicyclic) bond motifs is 3. The molecule has 0 saturated heterocycles. The summed E-state index contributed by atoms with van der Waals surface area (Å²) in [7, 11) is 1.52. The lowest BCUT2D eigenvalue weighted by atomic mass is 9.98. The summed E-state index contributed by atoms with van der Waals surface area (Å²) < 4.78 is 10.9. The van der Waals surface area contributed by atoms with Crippen LogP contribution >= 0.6 is 0 Å². The van der Waals surface area contributed by atoms with Crippen LogP contribution in [0.3, 0.4) is 0 Å². The van der Waals surface area contributed by atoms with E-state index >= 15 is 0 Å². The second-order valence-electron chi connectivity index (χ2n) is 9.15. The van der Waals surface area contributed by atoms with Crippen molar-refractivity contribution in [2.24, 2.45) is 0 Å². The van der Waals surface area contributed by atoms with Crippen molar-refractivity contribution < 1.29 is 23.9 Å². The first kappa shape index (κ1) is 25.9. The summed E-state index contributed by atoms with van der Waals surface area (Å²) in [6.07, 6.45) is 0.437. The van der Waals surface area contributed by atoms with Crippen molar-refractivity contribution in [1.29, 1.82) is 0 Å². The number of carbonyl (C=O) groups excluding carboxylic acids is 3. The van der Waals surface area contributed by atoms with Gasteiger partial charge in [-0.3, -0.25) is 9.59 Å². The lowest BCUT2D eigenvalue weighted by Gasteiger charge is -2.24. The molecular formula is C30H32N2O5. The Morgan fingerprint density at radius 3 is 2.08 bits per heavy atom. The van der Waals surface area contributed by atoms with Crippen LogP contribution in [0.5, 0.6) is 0 Å². The Morgan fingerprint density at radius 2 is 1.46 bits per heavy atom. The minimum Gasteiger partial charge on any atom is -0.459 e. The summed E-state index contributed by atoms with van der Waals surface area (Å²) in [6, 6.07) is 24.7. The zero-order valence-electron chi connectivity index (χ0n) is 21.2. The first-order chi connectivity index (χ1) is 18.0. The average Bonchev–Trinajstić information content (AvgIpc) is 3.24. The summed E-state index contributed by atoms with van der Waals surface area (Å²) in [5.41, 5.74) is 5.39. The molecule has 0 fully saturated rings. The molecule has 1 aliphatic rings. The van der Waals surface area contributed by atoms with Crippen LogP contribution in [0.25, 0.3) is 11.1 Å². The maximum absolute atomic E-state index is 13.0. The molecule has 192 valence electrons. The zero-order valence-corrected chi connectivity index (χ0v) is 21.2. The third-order valence-electron chi connectivity index (χ3n) is 6.50. The largest absolute Gasteiger partial charge is 0.459 e. The van der Waals surface area contributed by atoms with Crippen LogP contribution in [-0.4, -0.2) is 49.1 Å². The minimum absolute atomic E-state index is 0.0689. The molecule has 0 bridgehead atoms. The SMILES string of the molecule is CCC[C@H](NC(=O)OCC1c2ccccc2-c2ccccc21)C(=O)N(C)CC(=O)OCc1ccccc1. The Bertz CT molecular complexity index is 1200. The second-order valence-corrected chi connectivity index (χ2v) is 9.15. The van der Waals surface area contributed by atoms with Crippen LogP contribution in [-0.2, 0) is 25.7 Å². The van der Waals surface area contributed by atoms with Gasteiger partial charge in [0.2, 0.25) is 5.91 Å². The van der Waals surface area contributed by atoms with Gasteiger partial charge in [0.1, 0.15) is 25.8 Å². The average molecular weight is 501 g/mol. The number of nitrogens with zero attached hydrogens (tertiary/aromatic N) is 1. The summed E-state index contributed by atoms with van der Waals surface area (Å²) in [5, 5.41) is 2.70. The van der Waals surface area contributed by atoms with E-state index in [1.54, 1.807) is 0 Å². The summed E-state index contributed by atoms with van der Waals surface area (Å²) >= 11 is 0. The fourth-order valence-electron chi connectivity index (χ4n) is 4.65. The number of hydrogen-bond acceptors (Lipinski definition) is 5. The summed E-state index contributed by atoms with van der Waals surface area (Å²) in [4.78, 5) is 39.3. The lowest BCUT2D eigenvalue weighted by molar-refractivity contribution is -0.150. The van der Waals surface area contributed by atoms with Gasteiger partial charge in [-0.1, -0.05) is 92.2 Å². The molecule has 0 heterocycles. The van der Waals surface area contributed by atoms with Gasteiger partial charge in [0.05, 0.1) is 0 Å². The second kappa shape index (κ2) is 12.2. The first-order valence-electron chi connectivity index (χ1n) is 12.5. The van der Waals surface area contributed by atoms with Crippen LogP contribution in [0.4, 0.5) is 4.79 Å². The molecule has 37 heavy (non-hydrogen) atoms. The Balaban J connectivity index is 1.31. The molecular weight excluding hydrogens is 468 g/mol. The third kappa shape index (κ3) is 6.36. The Labute approximate surface area is 217 Å². The van der Waals surface area contributed by atoms with Gasteiger partial charge in [0.25, 0.3) is 0 Å². The molecule has 2 amide bonds. The number of alkyl carbamates (subject to hydrolysis) is 1. The highest BCUT2D eigenvalue weighted by molar-refractivity contribution is 5.88. The van der Waals surface area contributed by atoms with Gasteiger partial charge in [-0.15, -0.1) is 0 Å². The molecule has 0 aromatic heterocycles. The quantitative estimate of drug-likeness (QED) is 0.401. The highest BCUT2D eigenvalue weighted by atomic mass is 16.5. The number of nitrogens with one attached hydrogen (secondary N) is 1. The number of esters is 1. The van der Waals surface area contributed by atoms with Gasteiger partial charge in [-0.2, -0.15) is 0 Å². The van der Waals surface area contributed by atoms with E-state index in [1.807, 2.05) is 61.5 Å². The smallest absolute Gasteiger partial charge is 0.407 e. The Hall–Kier alpha value is -4.13. The van der Waals surface area contributed by atoms with Gasteiger partial charge in [-0.05, 0) is 34.2 Å². The van der Waals surface area contributed by atoms with Crippen molar-refractivity contribution in [1.82, 2.24) is 10.2 Å². The molecule has 0 spiro atoms. The van der Waals surface area contributed by atoms with Crippen molar-refractivity contribution in [3.63, 3.8) is 0 Å². The molecule has 0 aliphatic heterocycles. The van der Waals surface area contributed by atoms with E-state index < -0.39 is 18.1 Å². The maximum Gasteiger partial charge on any atom is 0.407 e. The molecule has 3 aromatic carbocycles. The van der Waals surface area contributed by atoms with Crippen molar-refractivity contribution in [2.45, 2.75) is 38.3 Å². The first-order valence-corrected chi connectivity index (χ1v) is 12.5. The zero-order chi connectivity index (χ0) is 26.2. The fraction of sp³-hybridized carbons (Fsp3) is 0.300. The topological polar surface area (TPSA) is 84.9 Å². The Morgan fingerprint density at radius 1 is 0.865 bits per heavy atom. The number of rotatable bonds is 10. The van der Waals surface area contributed by atoms with Crippen LogP contribution < -0.4 is 5.32 Å². The molecule has 1 N–H and O–H groups in total. The van der Waals surface area contributed by atoms with E-state index in [1.165, 1.54) is 11.9 Å². The normalized spacial score (nSPS) is 12.7. The van der Waals surface area contributed by atoms with Crippen molar-refractivity contribution in [3.05, 3.63) is 95.6 Å². The van der Waals surface area contributed by atoms with E-state index in [0.29, 0.717) is 12.8 Å². The van der Waals surface area contributed by atoms with Gasteiger partial charge >= 0.3 is 12.1 Å². The van der Waals surface area contributed by atoms with Crippen LogP contribution in [0, 0.1) is 0 Å². The van der Waals surface area contributed by atoms with Gasteiger partial charge in [0.15, 0.2) is 0 Å². The predicted octanol–water partition coefficient (Wildman–Crippen LogP) is 4.90. The fourth-order valence-corrected chi connectivity index (χ4v) is 4.65. The van der Waals surface area contributed by atoms with E-state index in [4.69, 9.17) is 9.47 Å². The van der Waals surface area contributed by atoms with Crippen molar-refractivity contribution >= 4 is 18.0 Å². The number of amides is 2. The summed E-state index contributed by atoms with van der Waals surface area (Å²) in [5.74, 6) is -0.955. The van der Waals surface area contributed by atoms with Gasteiger partial charge < -0.3 is 19.7 Å². The molecule has 4 rings (SSSR count). The lowest BCUT2D eigenvalue weighted by Crippen LogP contribution is -2.48. The molecule has 7 heteroatoms. The van der Waals surface area contributed by atoms with Gasteiger partial charge in [-0.25, -0.2) is 4.79 Å². The van der Waals surface area contributed by atoms with E-state index in [0.717, 1.165) is 27.8 Å². The molecule has 0 unspecified atom stereocenters. The van der Waals surface area contributed by atoms with E-state index in [9.17, 15) is 14.4 Å². The molecule has 0 saturated carbocycles. The molecule has 7 nitrogen and oxygen atoms in total. The number of ether oxygens (including phenoxy) is 2. The van der Waals surface area contributed by atoms with E-state index in [-0.39, 0.29) is 31.6 Å². The van der Waals surface area contributed by atoms with Crippen molar-refractivity contribution in [3.8, 4) is 11.1 Å². The molecule has 0 radical (unpaired) electrons. The van der Waals surface area contributed by atoms with E-state index in [2.05, 4.69) is 29.6 Å². The predicted molar refractivity (Wildman–Crippen MR) is 141 cm³/mol. The highest BCUT2D eigenvalue weighted by Crippen LogP contribution is 2.44. The maximum atomic E-state index is 13.0. The van der Waals surface area contributed by atoms with Crippen LogP contribution in [0.1, 0.15) is 42.4 Å².